The zero-order valence-corrected chi connectivity index (χ0v) is 11.4. The summed E-state index contributed by atoms with van der Waals surface area (Å²) in [4.78, 5) is 3.38. The zero-order chi connectivity index (χ0) is 12.4. The number of rotatable bonds is 3. The van der Waals surface area contributed by atoms with Gasteiger partial charge >= 0.3 is 0 Å². The lowest BCUT2D eigenvalue weighted by Crippen LogP contribution is -2.41. The summed E-state index contributed by atoms with van der Waals surface area (Å²) in [7, 11) is 4.03. The highest BCUT2D eigenvalue weighted by Gasteiger charge is 2.29. The van der Waals surface area contributed by atoms with Gasteiger partial charge in [0, 0.05) is 23.2 Å². The van der Waals surface area contributed by atoms with E-state index in [1.54, 1.807) is 12.1 Å². The van der Waals surface area contributed by atoms with E-state index in [2.05, 4.69) is 24.2 Å². The second-order valence-electron chi connectivity index (χ2n) is 4.51. The van der Waals surface area contributed by atoms with Crippen LogP contribution in [0, 0.1) is 5.82 Å². The molecule has 1 aromatic rings. The fourth-order valence-corrected chi connectivity index (χ4v) is 3.59. The quantitative estimate of drug-likeness (QED) is 0.893. The van der Waals surface area contributed by atoms with Crippen molar-refractivity contribution in [3.05, 3.63) is 24.0 Å². The van der Waals surface area contributed by atoms with Gasteiger partial charge in [0.2, 0.25) is 0 Å². The van der Waals surface area contributed by atoms with E-state index in [0.29, 0.717) is 11.3 Å². The monoisotopic (exact) mass is 254 g/mol. The molecule has 0 aromatic heterocycles. The molecule has 1 aliphatic heterocycles. The molecule has 2 atom stereocenters. The maximum absolute atomic E-state index is 13.2. The first-order valence-electron chi connectivity index (χ1n) is 5.97. The summed E-state index contributed by atoms with van der Waals surface area (Å²) in [5, 5.41) is 3.75. The first-order valence-corrected chi connectivity index (χ1v) is 6.85. The Labute approximate surface area is 107 Å². The van der Waals surface area contributed by atoms with Crippen LogP contribution in [-0.4, -0.2) is 31.9 Å². The molecule has 0 spiro atoms. The van der Waals surface area contributed by atoms with Crippen LogP contribution in [0.2, 0.25) is 0 Å². The maximum atomic E-state index is 13.2. The summed E-state index contributed by atoms with van der Waals surface area (Å²) in [6, 6.07) is 5.50. The zero-order valence-electron chi connectivity index (χ0n) is 10.5. The molecule has 0 saturated heterocycles. The van der Waals surface area contributed by atoms with Gasteiger partial charge in [0.05, 0.1) is 5.69 Å². The lowest BCUT2D eigenvalue weighted by molar-refractivity contribution is 0.577. The number of thioether (sulfide) groups is 1. The molecule has 0 amide bonds. The van der Waals surface area contributed by atoms with E-state index in [4.69, 9.17) is 0 Å². The number of nitrogens with zero attached hydrogens (tertiary/aromatic N) is 1. The topological polar surface area (TPSA) is 15.3 Å². The Kier molecular flexibility index (Phi) is 3.94. The summed E-state index contributed by atoms with van der Waals surface area (Å²) in [5.41, 5.74) is 1.02. The van der Waals surface area contributed by atoms with Crippen LogP contribution in [-0.2, 0) is 0 Å². The van der Waals surface area contributed by atoms with Crippen LogP contribution in [0.25, 0.3) is 0 Å². The van der Waals surface area contributed by atoms with Gasteiger partial charge < -0.3 is 10.2 Å². The fourth-order valence-electron chi connectivity index (χ4n) is 2.18. The molecule has 0 aliphatic carbocycles. The molecule has 0 bridgehead atoms. The minimum atomic E-state index is -0.155. The van der Waals surface area contributed by atoms with Crippen LogP contribution < -0.4 is 10.2 Å². The summed E-state index contributed by atoms with van der Waals surface area (Å²) in [5.74, 6) is -0.155. The Hall–Kier alpha value is -0.740. The number of halogens is 1. The van der Waals surface area contributed by atoms with E-state index in [-0.39, 0.29) is 5.82 Å². The molecular formula is C13H19FN2S. The van der Waals surface area contributed by atoms with Crippen LogP contribution in [0.3, 0.4) is 0 Å². The highest BCUT2D eigenvalue weighted by atomic mass is 32.2. The van der Waals surface area contributed by atoms with Gasteiger partial charge in [0.1, 0.15) is 5.82 Å². The van der Waals surface area contributed by atoms with Gasteiger partial charge in [-0.2, -0.15) is 0 Å². The van der Waals surface area contributed by atoms with Gasteiger partial charge in [0.25, 0.3) is 0 Å². The molecule has 0 fully saturated rings. The van der Waals surface area contributed by atoms with Crippen molar-refractivity contribution in [3.8, 4) is 0 Å². The Balaban J connectivity index is 2.22. The van der Waals surface area contributed by atoms with Crippen molar-refractivity contribution in [3.63, 3.8) is 0 Å². The summed E-state index contributed by atoms with van der Waals surface area (Å²) < 4.78 is 13.2. The third-order valence-electron chi connectivity index (χ3n) is 3.41. The predicted molar refractivity (Wildman–Crippen MR) is 72.5 cm³/mol. The molecular weight excluding hydrogens is 235 g/mol. The third kappa shape index (κ3) is 2.58. The largest absolute Gasteiger partial charge is 0.370 e. The van der Waals surface area contributed by atoms with Crippen molar-refractivity contribution in [2.45, 2.75) is 29.5 Å². The van der Waals surface area contributed by atoms with Gasteiger partial charge in [-0.15, -0.1) is 11.8 Å². The van der Waals surface area contributed by atoms with E-state index in [0.717, 1.165) is 18.7 Å². The van der Waals surface area contributed by atoms with Gasteiger partial charge in [-0.1, -0.05) is 0 Å². The van der Waals surface area contributed by atoms with Gasteiger partial charge in [0.15, 0.2) is 0 Å². The Bertz CT molecular complexity index is 397. The van der Waals surface area contributed by atoms with Gasteiger partial charge in [-0.25, -0.2) is 4.39 Å². The highest BCUT2D eigenvalue weighted by Crippen LogP contribution is 2.42. The second-order valence-corrected chi connectivity index (χ2v) is 5.79. The SMILES string of the molecule is CNCCC1Sc2ccc(F)cc2N(C)C1C. The maximum Gasteiger partial charge on any atom is 0.125 e. The van der Waals surface area contributed by atoms with Crippen LogP contribution in [0.4, 0.5) is 10.1 Å². The van der Waals surface area contributed by atoms with Crippen molar-refractivity contribution >= 4 is 17.4 Å². The van der Waals surface area contributed by atoms with E-state index in [9.17, 15) is 4.39 Å². The Morgan fingerprint density at radius 1 is 1.47 bits per heavy atom. The molecule has 2 rings (SSSR count). The van der Waals surface area contributed by atoms with Crippen molar-refractivity contribution < 1.29 is 4.39 Å². The van der Waals surface area contributed by atoms with E-state index in [1.807, 2.05) is 24.9 Å². The lowest BCUT2D eigenvalue weighted by atomic mass is 10.1. The average molecular weight is 254 g/mol. The van der Waals surface area contributed by atoms with Crippen molar-refractivity contribution in [1.82, 2.24) is 5.32 Å². The molecule has 2 unspecified atom stereocenters. The molecule has 1 aliphatic rings. The van der Waals surface area contributed by atoms with Crippen LogP contribution in [0.5, 0.6) is 0 Å². The van der Waals surface area contributed by atoms with Crippen molar-refractivity contribution in [2.24, 2.45) is 0 Å². The molecule has 1 aromatic carbocycles. The van der Waals surface area contributed by atoms with Crippen LogP contribution in [0.1, 0.15) is 13.3 Å². The minimum Gasteiger partial charge on any atom is -0.370 e. The smallest absolute Gasteiger partial charge is 0.125 e. The van der Waals surface area contributed by atoms with Crippen LogP contribution in [0.15, 0.2) is 23.1 Å². The van der Waals surface area contributed by atoms with E-state index in [1.165, 1.54) is 4.90 Å². The number of hydrogen-bond donors (Lipinski definition) is 1. The third-order valence-corrected chi connectivity index (χ3v) is 4.94. The highest BCUT2D eigenvalue weighted by molar-refractivity contribution is 8.00. The number of anilines is 1. The normalized spacial score (nSPS) is 23.6. The molecule has 0 saturated carbocycles. The molecule has 2 nitrogen and oxygen atoms in total. The summed E-state index contributed by atoms with van der Waals surface area (Å²) in [6.07, 6.45) is 1.13. The summed E-state index contributed by atoms with van der Waals surface area (Å²) >= 11 is 1.87. The molecule has 4 heteroatoms. The first-order chi connectivity index (χ1) is 8.13. The lowest BCUT2D eigenvalue weighted by Gasteiger charge is -2.39. The average Bonchev–Trinajstić information content (AvgIpc) is 2.33. The number of nitrogens with one attached hydrogen (secondary N) is 1. The predicted octanol–water partition coefficient (Wildman–Crippen LogP) is 2.73. The standard InChI is InChI=1S/C13H19FN2S/c1-9-12(6-7-15-2)17-13-5-4-10(14)8-11(13)16(9)3/h4-5,8-9,12,15H,6-7H2,1-3H3. The minimum absolute atomic E-state index is 0.155. The molecule has 1 heterocycles. The molecule has 94 valence electrons. The first kappa shape index (κ1) is 12.7. The molecule has 1 N–H and O–H groups in total. The van der Waals surface area contributed by atoms with Crippen molar-refractivity contribution in [2.75, 3.05) is 25.5 Å². The van der Waals surface area contributed by atoms with Crippen molar-refractivity contribution in [1.29, 1.82) is 0 Å². The number of benzene rings is 1. The fraction of sp³-hybridized carbons (Fsp3) is 0.538. The second kappa shape index (κ2) is 5.27. The number of fused-ring (bicyclic) bond motifs is 1. The molecule has 0 radical (unpaired) electrons. The van der Waals surface area contributed by atoms with E-state index < -0.39 is 0 Å². The number of hydrogen-bond acceptors (Lipinski definition) is 3. The summed E-state index contributed by atoms with van der Waals surface area (Å²) in [6.45, 7) is 3.23. The molecule has 17 heavy (non-hydrogen) atoms. The van der Waals surface area contributed by atoms with Gasteiger partial charge in [-0.05, 0) is 45.1 Å². The van der Waals surface area contributed by atoms with Crippen LogP contribution >= 0.6 is 11.8 Å². The Morgan fingerprint density at radius 3 is 2.94 bits per heavy atom. The van der Waals surface area contributed by atoms with Gasteiger partial charge in [-0.3, -0.25) is 0 Å². The Morgan fingerprint density at radius 2 is 2.24 bits per heavy atom. The van der Waals surface area contributed by atoms with E-state index >= 15 is 0 Å².